The molecular weight excluding hydrogens is 426 g/mol. The summed E-state index contributed by atoms with van der Waals surface area (Å²) >= 11 is 1.35. The molecule has 0 bridgehead atoms. The maximum absolute atomic E-state index is 13.1. The van der Waals surface area contributed by atoms with Gasteiger partial charge in [0.05, 0.1) is 52.0 Å². The molecule has 10 heteroatoms. The van der Waals surface area contributed by atoms with Crippen LogP contribution in [0.25, 0.3) is 21.1 Å². The largest absolute Gasteiger partial charge is 0.481 e. The molecule has 5 rings (SSSR count). The lowest BCUT2D eigenvalue weighted by Gasteiger charge is -2.08. The molecule has 1 aromatic carbocycles. The number of benzene rings is 1. The van der Waals surface area contributed by atoms with E-state index in [1.54, 1.807) is 18.6 Å². The van der Waals surface area contributed by atoms with Gasteiger partial charge in [-0.05, 0) is 25.1 Å². The maximum Gasteiger partial charge on any atom is 0.258 e. The van der Waals surface area contributed by atoms with Crippen molar-refractivity contribution in [3.8, 4) is 5.88 Å². The maximum atomic E-state index is 13.1. The number of ether oxygens (including phenoxy) is 1. The lowest BCUT2D eigenvalue weighted by atomic mass is 10.1. The van der Waals surface area contributed by atoms with Crippen molar-refractivity contribution >= 4 is 49.9 Å². The molecule has 0 aliphatic carbocycles. The highest BCUT2D eigenvalue weighted by atomic mass is 32.1. The molecular formula is C22H19N7O2S. The first-order valence-corrected chi connectivity index (χ1v) is 10.7. The van der Waals surface area contributed by atoms with Crippen molar-refractivity contribution in [1.29, 1.82) is 0 Å². The van der Waals surface area contributed by atoms with Crippen molar-refractivity contribution in [2.75, 3.05) is 18.2 Å². The number of methoxy groups -OCH3 is 1. The molecule has 0 spiro atoms. The summed E-state index contributed by atoms with van der Waals surface area (Å²) in [7, 11) is 1.59. The zero-order valence-electron chi connectivity index (χ0n) is 17.4. The molecule has 9 nitrogen and oxygen atoms in total. The Morgan fingerprint density at radius 3 is 2.91 bits per heavy atom. The second-order valence-corrected chi connectivity index (χ2v) is 8.03. The molecule has 0 radical (unpaired) electrons. The summed E-state index contributed by atoms with van der Waals surface area (Å²) in [6.45, 7) is 2.39. The number of nitrogens with zero attached hydrogens (tertiary/aromatic N) is 5. The van der Waals surface area contributed by atoms with Crippen LogP contribution in [0.4, 0.5) is 11.5 Å². The first-order valence-electron chi connectivity index (χ1n) is 9.80. The Balaban J connectivity index is 1.49. The number of aryl methyl sites for hydroxylation is 1. The average Bonchev–Trinajstić information content (AvgIpc) is 3.37. The van der Waals surface area contributed by atoms with E-state index in [1.165, 1.54) is 17.7 Å². The van der Waals surface area contributed by atoms with Crippen molar-refractivity contribution < 1.29 is 9.53 Å². The molecule has 32 heavy (non-hydrogen) atoms. The van der Waals surface area contributed by atoms with Crippen LogP contribution in [-0.2, 0) is 6.54 Å². The van der Waals surface area contributed by atoms with Crippen LogP contribution in [-0.4, -0.2) is 37.7 Å². The van der Waals surface area contributed by atoms with Crippen molar-refractivity contribution in [2.45, 2.75) is 13.5 Å². The number of fused-ring (bicyclic) bond motifs is 2. The number of nitrogens with two attached hydrogens (primary N) is 1. The minimum Gasteiger partial charge on any atom is -0.481 e. The second kappa shape index (κ2) is 7.89. The van der Waals surface area contributed by atoms with Crippen LogP contribution in [0.3, 0.4) is 0 Å². The van der Waals surface area contributed by atoms with Gasteiger partial charge in [-0.25, -0.2) is 15.0 Å². The van der Waals surface area contributed by atoms with Crippen LogP contribution in [0, 0.1) is 6.92 Å². The Morgan fingerprint density at radius 1 is 1.22 bits per heavy atom. The molecule has 0 atom stereocenters. The minimum atomic E-state index is -0.261. The molecule has 0 saturated carbocycles. The summed E-state index contributed by atoms with van der Waals surface area (Å²) in [5.74, 6) is 0.656. The number of carbonyl (C=O) groups excluding carboxylic acids is 1. The van der Waals surface area contributed by atoms with E-state index < -0.39 is 0 Å². The topological polar surface area (TPSA) is 121 Å². The summed E-state index contributed by atoms with van der Waals surface area (Å²) in [5.41, 5.74) is 10.1. The van der Waals surface area contributed by atoms with Gasteiger partial charge in [0.15, 0.2) is 0 Å². The van der Waals surface area contributed by atoms with Crippen LogP contribution >= 0.6 is 11.3 Å². The van der Waals surface area contributed by atoms with Gasteiger partial charge < -0.3 is 15.8 Å². The normalized spacial score (nSPS) is 11.2. The quantitative estimate of drug-likeness (QED) is 0.424. The molecule has 4 aromatic heterocycles. The monoisotopic (exact) mass is 445 g/mol. The third kappa shape index (κ3) is 3.40. The Morgan fingerprint density at radius 2 is 2.06 bits per heavy atom. The molecule has 1 amide bonds. The number of nitrogens with one attached hydrogen (secondary N) is 1. The van der Waals surface area contributed by atoms with Crippen molar-refractivity contribution in [2.24, 2.45) is 0 Å². The Kier molecular flexibility index (Phi) is 4.91. The molecule has 0 aliphatic rings. The summed E-state index contributed by atoms with van der Waals surface area (Å²) in [5, 5.41) is 10.3. The van der Waals surface area contributed by atoms with E-state index in [1.807, 2.05) is 41.9 Å². The lowest BCUT2D eigenvalue weighted by Crippen LogP contribution is -2.12. The van der Waals surface area contributed by atoms with E-state index >= 15 is 0 Å². The first-order chi connectivity index (χ1) is 15.5. The molecule has 0 saturated heterocycles. The van der Waals surface area contributed by atoms with Crippen LogP contribution < -0.4 is 15.8 Å². The third-order valence-corrected chi connectivity index (χ3v) is 6.12. The Labute approximate surface area is 186 Å². The number of aromatic nitrogens is 5. The van der Waals surface area contributed by atoms with Gasteiger partial charge in [-0.3, -0.25) is 9.48 Å². The van der Waals surface area contributed by atoms with Crippen molar-refractivity contribution in [1.82, 2.24) is 24.7 Å². The van der Waals surface area contributed by atoms with Gasteiger partial charge in [0, 0.05) is 16.8 Å². The zero-order chi connectivity index (χ0) is 22.2. The number of pyridine rings is 1. The van der Waals surface area contributed by atoms with Gasteiger partial charge in [-0.2, -0.15) is 5.10 Å². The third-order valence-electron chi connectivity index (χ3n) is 5.13. The van der Waals surface area contributed by atoms with Gasteiger partial charge in [-0.1, -0.05) is 12.1 Å². The van der Waals surface area contributed by atoms with Crippen LogP contribution in [0.1, 0.15) is 21.7 Å². The highest BCUT2D eigenvalue weighted by Gasteiger charge is 2.18. The van der Waals surface area contributed by atoms with Gasteiger partial charge in [-0.15, -0.1) is 11.3 Å². The van der Waals surface area contributed by atoms with Crippen molar-refractivity contribution in [3.63, 3.8) is 0 Å². The van der Waals surface area contributed by atoms with E-state index in [4.69, 9.17) is 10.5 Å². The molecule has 160 valence electrons. The number of thiophene rings is 1. The van der Waals surface area contributed by atoms with E-state index in [9.17, 15) is 4.79 Å². The smallest absolute Gasteiger partial charge is 0.258 e. The Hall–Kier alpha value is -4.05. The number of hydrogen-bond donors (Lipinski definition) is 2. The van der Waals surface area contributed by atoms with Gasteiger partial charge in [0.25, 0.3) is 5.91 Å². The fourth-order valence-electron chi connectivity index (χ4n) is 3.68. The fourth-order valence-corrected chi connectivity index (χ4v) is 4.58. The SMILES string of the molecule is COc1cccc(Cn2nc(C)c3c(NC(=O)c4csc5c(N)ncnc45)cccc32)n1. The number of amides is 1. The first kappa shape index (κ1) is 19.9. The molecule has 0 fully saturated rings. The molecule has 3 N–H and O–H groups in total. The fraction of sp³-hybridized carbons (Fsp3) is 0.136. The van der Waals surface area contributed by atoms with Crippen LogP contribution in [0.15, 0.2) is 48.1 Å². The number of nitrogen functional groups attached to an aromatic ring is 1. The van der Waals surface area contributed by atoms with Gasteiger partial charge in [0.2, 0.25) is 5.88 Å². The average molecular weight is 446 g/mol. The van der Waals surface area contributed by atoms with Crippen LogP contribution in [0.5, 0.6) is 5.88 Å². The predicted octanol–water partition coefficient (Wildman–Crippen LogP) is 3.64. The summed E-state index contributed by atoms with van der Waals surface area (Å²) in [6.07, 6.45) is 1.36. The Bertz CT molecular complexity index is 1470. The summed E-state index contributed by atoms with van der Waals surface area (Å²) in [4.78, 5) is 25.8. The number of rotatable bonds is 5. The summed E-state index contributed by atoms with van der Waals surface area (Å²) < 4.78 is 7.79. The summed E-state index contributed by atoms with van der Waals surface area (Å²) in [6, 6.07) is 11.3. The van der Waals surface area contributed by atoms with Crippen molar-refractivity contribution in [3.05, 3.63) is 65.1 Å². The van der Waals surface area contributed by atoms with E-state index in [-0.39, 0.29) is 5.91 Å². The zero-order valence-corrected chi connectivity index (χ0v) is 18.2. The van der Waals surface area contributed by atoms with Gasteiger partial charge >= 0.3 is 0 Å². The minimum absolute atomic E-state index is 0.261. The highest BCUT2D eigenvalue weighted by molar-refractivity contribution is 7.18. The molecule has 0 unspecified atom stereocenters. The highest BCUT2D eigenvalue weighted by Crippen LogP contribution is 2.31. The standard InChI is InChI=1S/C22H19N7O2S/c1-12-18-15(27-22(30)14-10-32-20-19(14)24-11-25-21(20)23)6-4-7-16(18)29(28-12)9-13-5-3-8-17(26-13)31-2/h3-8,10-11H,9H2,1-2H3,(H,27,30)(H2,23,24,25). The van der Waals surface area contributed by atoms with E-state index in [0.29, 0.717) is 39.7 Å². The molecule has 0 aliphatic heterocycles. The predicted molar refractivity (Wildman–Crippen MR) is 124 cm³/mol. The molecule has 4 heterocycles. The van der Waals surface area contributed by atoms with E-state index in [0.717, 1.165) is 22.3 Å². The van der Waals surface area contributed by atoms with Gasteiger partial charge in [0.1, 0.15) is 12.1 Å². The number of hydrogen-bond acceptors (Lipinski definition) is 8. The lowest BCUT2D eigenvalue weighted by molar-refractivity contribution is 0.102. The van der Waals surface area contributed by atoms with E-state index in [2.05, 4.69) is 25.4 Å². The molecule has 5 aromatic rings. The van der Waals surface area contributed by atoms with Crippen LogP contribution in [0.2, 0.25) is 0 Å². The number of carbonyl (C=O) groups is 1. The number of anilines is 2. The second-order valence-electron chi connectivity index (χ2n) is 7.15.